The third kappa shape index (κ3) is 1.87. The fourth-order valence-corrected chi connectivity index (χ4v) is 1.69. The number of hydrogen-bond acceptors (Lipinski definition) is 4. The number of hydrazone groups is 1. The molecule has 0 saturated carbocycles. The van der Waals surface area contributed by atoms with Crippen LogP contribution in [0.25, 0.3) is 0 Å². The highest BCUT2D eigenvalue weighted by molar-refractivity contribution is 6.50. The van der Waals surface area contributed by atoms with Crippen molar-refractivity contribution in [2.24, 2.45) is 5.10 Å². The number of carbonyl (C=O) groups is 1. The van der Waals surface area contributed by atoms with Crippen LogP contribution in [0.4, 0.5) is 5.69 Å². The maximum absolute atomic E-state index is 11.4. The number of hydrogen-bond donors (Lipinski definition) is 1. The van der Waals surface area contributed by atoms with Gasteiger partial charge in [0.2, 0.25) is 0 Å². The van der Waals surface area contributed by atoms with Crippen molar-refractivity contribution in [2.75, 3.05) is 0 Å². The molecule has 0 aromatic heterocycles. The van der Waals surface area contributed by atoms with Gasteiger partial charge in [0.1, 0.15) is 0 Å². The van der Waals surface area contributed by atoms with Crippen LogP contribution in [0.3, 0.4) is 0 Å². The second-order valence-corrected chi connectivity index (χ2v) is 4.46. The summed E-state index contributed by atoms with van der Waals surface area (Å²) < 4.78 is 0. The first-order valence-electron chi connectivity index (χ1n) is 4.75. The van der Waals surface area contributed by atoms with Gasteiger partial charge >= 0.3 is 0 Å². The molecule has 1 amide bonds. The normalized spacial score (nSPS) is 23.2. The molecule has 1 aliphatic heterocycles. The van der Waals surface area contributed by atoms with Crippen molar-refractivity contribution in [3.05, 3.63) is 39.9 Å². The minimum atomic E-state index is -1.24. The van der Waals surface area contributed by atoms with Gasteiger partial charge in [0.05, 0.1) is 10.6 Å². The first-order valence-corrected chi connectivity index (χ1v) is 5.13. The Morgan fingerprint density at radius 2 is 2.00 bits per heavy atom. The van der Waals surface area contributed by atoms with Gasteiger partial charge in [-0.3, -0.25) is 14.9 Å². The Bertz CT molecular complexity index is 522. The van der Waals surface area contributed by atoms with E-state index in [1.165, 1.54) is 31.2 Å². The maximum atomic E-state index is 11.4. The molecule has 6 nitrogen and oxygen atoms in total. The van der Waals surface area contributed by atoms with Crippen molar-refractivity contribution < 1.29 is 9.72 Å². The topological polar surface area (TPSA) is 84.6 Å². The summed E-state index contributed by atoms with van der Waals surface area (Å²) in [6, 6.07) is 5.71. The molecule has 1 aliphatic rings. The van der Waals surface area contributed by atoms with Crippen LogP contribution in [0.1, 0.15) is 12.5 Å². The molecule has 0 spiro atoms. The molecule has 1 aromatic rings. The molecule has 1 atom stereocenters. The monoisotopic (exact) mass is 253 g/mol. The lowest BCUT2D eigenvalue weighted by Crippen LogP contribution is -2.37. The van der Waals surface area contributed by atoms with E-state index in [0.717, 1.165) is 0 Å². The summed E-state index contributed by atoms with van der Waals surface area (Å²) in [6.07, 6.45) is 0. The standard InChI is InChI=1S/C10H8ClN3O3/c1-10(11)8(12-13-9(10)15)6-2-4-7(5-3-6)14(16)17/h2-5H,1H3,(H,13,15). The van der Waals surface area contributed by atoms with Crippen molar-refractivity contribution in [2.45, 2.75) is 11.8 Å². The number of amides is 1. The molecule has 1 unspecified atom stereocenters. The fraction of sp³-hybridized carbons (Fsp3) is 0.200. The lowest BCUT2D eigenvalue weighted by Gasteiger charge is -2.13. The zero-order valence-electron chi connectivity index (χ0n) is 8.81. The van der Waals surface area contributed by atoms with E-state index < -0.39 is 15.7 Å². The van der Waals surface area contributed by atoms with E-state index in [-0.39, 0.29) is 5.69 Å². The highest BCUT2D eigenvalue weighted by Gasteiger charge is 2.42. The van der Waals surface area contributed by atoms with E-state index in [1.807, 2.05) is 0 Å². The van der Waals surface area contributed by atoms with Crippen molar-refractivity contribution in [3.8, 4) is 0 Å². The third-order valence-corrected chi connectivity index (χ3v) is 2.84. The second-order valence-electron chi connectivity index (χ2n) is 3.71. The fourth-order valence-electron chi connectivity index (χ4n) is 1.50. The zero-order valence-corrected chi connectivity index (χ0v) is 9.56. The van der Waals surface area contributed by atoms with Crippen LogP contribution in [-0.4, -0.2) is 21.4 Å². The molecule has 1 N–H and O–H groups in total. The maximum Gasteiger partial charge on any atom is 0.269 e. The average molecular weight is 254 g/mol. The van der Waals surface area contributed by atoms with Crippen LogP contribution in [0.15, 0.2) is 29.4 Å². The summed E-state index contributed by atoms with van der Waals surface area (Å²) in [4.78, 5) is 20.1. The van der Waals surface area contributed by atoms with Crippen LogP contribution >= 0.6 is 11.6 Å². The van der Waals surface area contributed by atoms with Gasteiger partial charge in [-0.25, -0.2) is 5.43 Å². The second kappa shape index (κ2) is 3.81. The van der Waals surface area contributed by atoms with Gasteiger partial charge in [-0.15, -0.1) is 11.6 Å². The molecule has 7 heteroatoms. The number of rotatable bonds is 2. The van der Waals surface area contributed by atoms with Crippen LogP contribution < -0.4 is 5.43 Å². The Kier molecular flexibility index (Phi) is 2.59. The van der Waals surface area contributed by atoms with Crippen molar-refractivity contribution in [1.29, 1.82) is 0 Å². The molecule has 0 saturated heterocycles. The lowest BCUT2D eigenvalue weighted by atomic mass is 9.98. The number of benzene rings is 1. The Hall–Kier alpha value is -1.95. The average Bonchev–Trinajstić information content (AvgIpc) is 2.54. The number of nitro groups is 1. The first kappa shape index (κ1) is 11.5. The highest BCUT2D eigenvalue weighted by atomic mass is 35.5. The number of halogens is 1. The largest absolute Gasteiger partial charge is 0.271 e. The predicted octanol–water partition coefficient (Wildman–Crippen LogP) is 1.43. The van der Waals surface area contributed by atoms with Gasteiger partial charge in [0, 0.05) is 17.7 Å². The number of non-ortho nitro benzene ring substituents is 1. The molecular formula is C10H8ClN3O3. The summed E-state index contributed by atoms with van der Waals surface area (Å²) in [6.45, 7) is 1.52. The van der Waals surface area contributed by atoms with Crippen LogP contribution in [-0.2, 0) is 4.79 Å². The van der Waals surface area contributed by atoms with E-state index in [2.05, 4.69) is 10.5 Å². The zero-order chi connectivity index (χ0) is 12.6. The SMILES string of the molecule is CC1(Cl)C(=O)NN=C1c1ccc([N+](=O)[O-])cc1. The predicted molar refractivity (Wildman–Crippen MR) is 62.0 cm³/mol. The quantitative estimate of drug-likeness (QED) is 0.491. The number of alkyl halides is 1. The van der Waals surface area contributed by atoms with Crippen LogP contribution in [0.5, 0.6) is 0 Å². The molecule has 1 aromatic carbocycles. The van der Waals surface area contributed by atoms with Crippen molar-refractivity contribution in [3.63, 3.8) is 0 Å². The van der Waals surface area contributed by atoms with E-state index in [9.17, 15) is 14.9 Å². The summed E-state index contributed by atoms with van der Waals surface area (Å²) in [5.41, 5.74) is 3.19. The molecule has 0 bridgehead atoms. The molecule has 88 valence electrons. The van der Waals surface area contributed by atoms with E-state index in [0.29, 0.717) is 11.3 Å². The van der Waals surface area contributed by atoms with Crippen LogP contribution in [0, 0.1) is 10.1 Å². The molecule has 2 rings (SSSR count). The Morgan fingerprint density at radius 3 is 2.41 bits per heavy atom. The van der Waals surface area contributed by atoms with Crippen molar-refractivity contribution in [1.82, 2.24) is 5.43 Å². The van der Waals surface area contributed by atoms with Gasteiger partial charge in [-0.2, -0.15) is 5.10 Å². The minimum Gasteiger partial charge on any atom is -0.271 e. The van der Waals surface area contributed by atoms with Gasteiger partial charge < -0.3 is 0 Å². The Labute approximate surface area is 101 Å². The molecule has 0 fully saturated rings. The first-order chi connectivity index (χ1) is 7.93. The van der Waals surface area contributed by atoms with Crippen LogP contribution in [0.2, 0.25) is 0 Å². The summed E-state index contributed by atoms with van der Waals surface area (Å²) in [5, 5.41) is 14.3. The number of carbonyl (C=O) groups excluding carboxylic acids is 1. The van der Waals surface area contributed by atoms with E-state index in [1.54, 1.807) is 0 Å². The summed E-state index contributed by atoms with van der Waals surface area (Å²) in [7, 11) is 0. The molecule has 17 heavy (non-hydrogen) atoms. The molecule has 1 heterocycles. The minimum absolute atomic E-state index is 0.0251. The van der Waals surface area contributed by atoms with Gasteiger partial charge in [-0.05, 0) is 19.1 Å². The smallest absolute Gasteiger partial charge is 0.269 e. The molecular weight excluding hydrogens is 246 g/mol. The summed E-state index contributed by atoms with van der Waals surface area (Å²) in [5.74, 6) is -0.410. The highest BCUT2D eigenvalue weighted by Crippen LogP contribution is 2.26. The molecule has 0 aliphatic carbocycles. The van der Waals surface area contributed by atoms with E-state index >= 15 is 0 Å². The van der Waals surface area contributed by atoms with Gasteiger partial charge in [-0.1, -0.05) is 0 Å². The third-order valence-electron chi connectivity index (χ3n) is 2.49. The lowest BCUT2D eigenvalue weighted by molar-refractivity contribution is -0.384. The summed E-state index contributed by atoms with van der Waals surface area (Å²) >= 11 is 6.04. The number of nitrogens with one attached hydrogen (secondary N) is 1. The van der Waals surface area contributed by atoms with Gasteiger partial charge in [0.25, 0.3) is 11.6 Å². The Morgan fingerprint density at radius 1 is 1.41 bits per heavy atom. The van der Waals surface area contributed by atoms with Crippen molar-refractivity contribution >= 4 is 28.9 Å². The van der Waals surface area contributed by atoms with Gasteiger partial charge in [0.15, 0.2) is 4.87 Å². The van der Waals surface area contributed by atoms with E-state index in [4.69, 9.17) is 11.6 Å². The molecule has 0 radical (unpaired) electrons. The number of nitro benzene ring substituents is 1. The Balaban J connectivity index is 2.36. The number of nitrogens with zero attached hydrogens (tertiary/aromatic N) is 2.